The molecular weight excluding hydrogens is 243 g/mol. The van der Waals surface area contributed by atoms with Crippen molar-refractivity contribution < 1.29 is 4.39 Å². The molecule has 1 aromatic heterocycles. The summed E-state index contributed by atoms with van der Waals surface area (Å²) in [5, 5.41) is 3.20. The summed E-state index contributed by atoms with van der Waals surface area (Å²) in [6.45, 7) is 2.95. The van der Waals surface area contributed by atoms with Crippen LogP contribution in [-0.4, -0.2) is 23.6 Å². The monoisotopic (exact) mass is 260 g/mol. The van der Waals surface area contributed by atoms with Gasteiger partial charge in [-0.2, -0.15) is 0 Å². The van der Waals surface area contributed by atoms with Gasteiger partial charge < -0.3 is 10.2 Å². The number of benzene rings is 1. The maximum Gasteiger partial charge on any atom is 0.138 e. The molecule has 0 fully saturated rings. The molecule has 0 saturated heterocycles. The minimum absolute atomic E-state index is 0.261. The van der Waals surface area contributed by atoms with Crippen molar-refractivity contribution in [3.8, 4) is 0 Å². The van der Waals surface area contributed by atoms with Crippen molar-refractivity contribution in [3.63, 3.8) is 0 Å². The van der Waals surface area contributed by atoms with Crippen LogP contribution in [0.5, 0.6) is 0 Å². The molecule has 0 radical (unpaired) electrons. The van der Waals surface area contributed by atoms with Crippen LogP contribution in [0.15, 0.2) is 36.7 Å². The molecular formula is C14H17FN4. The molecule has 19 heavy (non-hydrogen) atoms. The molecule has 2 aromatic rings. The largest absolute Gasteiger partial charge is 0.370 e. The van der Waals surface area contributed by atoms with E-state index >= 15 is 0 Å². The lowest BCUT2D eigenvalue weighted by molar-refractivity contribution is 0.628. The van der Waals surface area contributed by atoms with Crippen LogP contribution in [0.25, 0.3) is 0 Å². The maximum absolute atomic E-state index is 13.2. The summed E-state index contributed by atoms with van der Waals surface area (Å²) in [5.41, 5.74) is 0.750. The zero-order valence-electron chi connectivity index (χ0n) is 11.1. The molecule has 0 saturated carbocycles. The van der Waals surface area contributed by atoms with Gasteiger partial charge in [0.2, 0.25) is 0 Å². The zero-order chi connectivity index (χ0) is 13.7. The average Bonchev–Trinajstić information content (AvgIpc) is 2.44. The van der Waals surface area contributed by atoms with E-state index in [0.29, 0.717) is 0 Å². The van der Waals surface area contributed by atoms with E-state index in [2.05, 4.69) is 22.2 Å². The smallest absolute Gasteiger partial charge is 0.138 e. The summed E-state index contributed by atoms with van der Waals surface area (Å²) in [6, 6.07) is 8.26. The van der Waals surface area contributed by atoms with E-state index < -0.39 is 0 Å². The first-order valence-corrected chi connectivity index (χ1v) is 6.26. The third-order valence-electron chi connectivity index (χ3n) is 2.75. The van der Waals surface area contributed by atoms with Gasteiger partial charge in [0.1, 0.15) is 23.8 Å². The van der Waals surface area contributed by atoms with Gasteiger partial charge in [0.05, 0.1) is 0 Å². The summed E-state index contributed by atoms with van der Waals surface area (Å²) >= 11 is 0. The van der Waals surface area contributed by atoms with E-state index in [0.717, 1.165) is 30.3 Å². The first-order valence-electron chi connectivity index (χ1n) is 6.26. The van der Waals surface area contributed by atoms with Gasteiger partial charge in [-0.1, -0.05) is 13.0 Å². The van der Waals surface area contributed by atoms with E-state index in [4.69, 9.17) is 0 Å². The van der Waals surface area contributed by atoms with E-state index in [-0.39, 0.29) is 5.82 Å². The van der Waals surface area contributed by atoms with Crippen molar-refractivity contribution in [2.45, 2.75) is 13.3 Å². The number of nitrogens with zero attached hydrogens (tertiary/aromatic N) is 3. The fourth-order valence-electron chi connectivity index (χ4n) is 1.70. The average molecular weight is 260 g/mol. The molecule has 0 amide bonds. The third-order valence-corrected chi connectivity index (χ3v) is 2.75. The topological polar surface area (TPSA) is 41.0 Å². The van der Waals surface area contributed by atoms with Crippen molar-refractivity contribution >= 4 is 17.3 Å². The normalized spacial score (nSPS) is 10.3. The fourth-order valence-corrected chi connectivity index (χ4v) is 1.70. The van der Waals surface area contributed by atoms with Crippen molar-refractivity contribution in [2.75, 3.05) is 23.8 Å². The van der Waals surface area contributed by atoms with Gasteiger partial charge in [-0.3, -0.25) is 0 Å². The Hall–Kier alpha value is -2.17. The number of hydrogen-bond acceptors (Lipinski definition) is 4. The predicted octanol–water partition coefficient (Wildman–Crippen LogP) is 3.21. The Kier molecular flexibility index (Phi) is 4.28. The summed E-state index contributed by atoms with van der Waals surface area (Å²) in [5.74, 6) is 1.23. The lowest BCUT2D eigenvalue weighted by Crippen LogP contribution is -2.12. The van der Waals surface area contributed by atoms with Gasteiger partial charge in [-0.15, -0.1) is 0 Å². The first kappa shape index (κ1) is 13.3. The minimum atomic E-state index is -0.261. The minimum Gasteiger partial charge on any atom is -0.370 e. The quantitative estimate of drug-likeness (QED) is 0.896. The van der Waals surface area contributed by atoms with E-state index in [9.17, 15) is 4.39 Å². The highest BCUT2D eigenvalue weighted by molar-refractivity contribution is 5.61. The molecule has 0 aliphatic carbocycles. The van der Waals surface area contributed by atoms with Gasteiger partial charge in [-0.05, 0) is 24.6 Å². The molecule has 5 heteroatoms. The molecule has 0 unspecified atom stereocenters. The van der Waals surface area contributed by atoms with Crippen LogP contribution >= 0.6 is 0 Å². The van der Waals surface area contributed by atoms with Gasteiger partial charge in [0.15, 0.2) is 0 Å². The Labute approximate surface area is 112 Å². The molecule has 1 heterocycles. The summed E-state index contributed by atoms with van der Waals surface area (Å²) in [4.78, 5) is 10.2. The Balaban J connectivity index is 2.21. The Morgan fingerprint density at radius 1 is 1.26 bits per heavy atom. The van der Waals surface area contributed by atoms with Crippen LogP contribution in [0, 0.1) is 5.82 Å². The highest BCUT2D eigenvalue weighted by atomic mass is 19.1. The number of anilines is 3. The number of aromatic nitrogens is 2. The Morgan fingerprint density at radius 3 is 2.84 bits per heavy atom. The van der Waals surface area contributed by atoms with Gasteiger partial charge in [0.25, 0.3) is 0 Å². The van der Waals surface area contributed by atoms with Crippen molar-refractivity contribution in [3.05, 3.63) is 42.5 Å². The van der Waals surface area contributed by atoms with Crippen LogP contribution in [0.2, 0.25) is 0 Å². The van der Waals surface area contributed by atoms with Crippen LogP contribution < -0.4 is 10.2 Å². The molecule has 0 aliphatic heterocycles. The SMILES string of the molecule is CCCNc1cc(N(C)c2cccc(F)c2)ncn1. The second-order valence-electron chi connectivity index (χ2n) is 4.23. The molecule has 0 atom stereocenters. The number of rotatable bonds is 5. The van der Waals surface area contributed by atoms with Crippen molar-refractivity contribution in [1.82, 2.24) is 9.97 Å². The predicted molar refractivity (Wildman–Crippen MR) is 75.3 cm³/mol. The van der Waals surface area contributed by atoms with Crippen molar-refractivity contribution in [1.29, 1.82) is 0 Å². The van der Waals surface area contributed by atoms with Crippen LogP contribution in [0.3, 0.4) is 0 Å². The highest BCUT2D eigenvalue weighted by Crippen LogP contribution is 2.23. The molecule has 4 nitrogen and oxygen atoms in total. The number of hydrogen-bond donors (Lipinski definition) is 1. The molecule has 2 rings (SSSR count). The standard InChI is InChI=1S/C14H17FN4/c1-3-7-16-13-9-14(18-10-17-13)19(2)12-6-4-5-11(15)8-12/h4-6,8-10H,3,7H2,1-2H3,(H,16,17,18). The van der Waals surface area contributed by atoms with Gasteiger partial charge >= 0.3 is 0 Å². The lowest BCUT2D eigenvalue weighted by atomic mass is 10.3. The molecule has 0 spiro atoms. The van der Waals surface area contributed by atoms with Gasteiger partial charge in [-0.25, -0.2) is 14.4 Å². The molecule has 0 bridgehead atoms. The number of nitrogens with one attached hydrogen (secondary N) is 1. The fraction of sp³-hybridized carbons (Fsp3) is 0.286. The third kappa shape index (κ3) is 3.40. The molecule has 0 aliphatic rings. The second-order valence-corrected chi connectivity index (χ2v) is 4.23. The summed E-state index contributed by atoms with van der Waals surface area (Å²) in [7, 11) is 1.85. The second kappa shape index (κ2) is 6.13. The zero-order valence-corrected chi connectivity index (χ0v) is 11.1. The van der Waals surface area contributed by atoms with Crippen molar-refractivity contribution in [2.24, 2.45) is 0 Å². The summed E-state index contributed by atoms with van der Waals surface area (Å²) in [6.07, 6.45) is 2.53. The van der Waals surface area contributed by atoms with E-state index in [1.54, 1.807) is 6.07 Å². The lowest BCUT2D eigenvalue weighted by Gasteiger charge is -2.18. The summed E-state index contributed by atoms with van der Waals surface area (Å²) < 4.78 is 13.2. The Bertz CT molecular complexity index is 544. The van der Waals surface area contributed by atoms with E-state index in [1.165, 1.54) is 18.5 Å². The Morgan fingerprint density at radius 2 is 2.11 bits per heavy atom. The maximum atomic E-state index is 13.2. The molecule has 100 valence electrons. The van der Waals surface area contributed by atoms with E-state index in [1.807, 2.05) is 24.1 Å². The number of halogens is 1. The molecule has 1 N–H and O–H groups in total. The first-order chi connectivity index (χ1) is 9.20. The van der Waals surface area contributed by atoms with Crippen LogP contribution in [0.1, 0.15) is 13.3 Å². The van der Waals surface area contributed by atoms with Crippen LogP contribution in [-0.2, 0) is 0 Å². The highest BCUT2D eigenvalue weighted by Gasteiger charge is 2.07. The van der Waals surface area contributed by atoms with Crippen LogP contribution in [0.4, 0.5) is 21.7 Å². The molecule has 1 aromatic carbocycles. The van der Waals surface area contributed by atoms with Gasteiger partial charge in [0, 0.05) is 25.3 Å².